The van der Waals surface area contributed by atoms with Gasteiger partial charge in [0.1, 0.15) is 11.5 Å². The first-order valence-corrected chi connectivity index (χ1v) is 7.49. The van der Waals surface area contributed by atoms with Crippen LogP contribution in [0.3, 0.4) is 0 Å². The Bertz CT molecular complexity index is 685. The lowest BCUT2D eigenvalue weighted by molar-refractivity contribution is 0.0954. The molecule has 1 amide bonds. The summed E-state index contributed by atoms with van der Waals surface area (Å²) in [6, 6.07) is 8.99. The van der Waals surface area contributed by atoms with Gasteiger partial charge in [-0.2, -0.15) is 5.10 Å². The second kappa shape index (κ2) is 7.09. The number of rotatable bonds is 5. The van der Waals surface area contributed by atoms with E-state index in [1.165, 1.54) is 19.1 Å². The van der Waals surface area contributed by atoms with Crippen LogP contribution in [0.15, 0.2) is 35.4 Å². The van der Waals surface area contributed by atoms with Gasteiger partial charge in [-0.25, -0.2) is 5.43 Å². The Balaban J connectivity index is 2.15. The van der Waals surface area contributed by atoms with Crippen molar-refractivity contribution in [3.8, 4) is 11.5 Å². The molecule has 6 heteroatoms. The highest BCUT2D eigenvalue weighted by Gasteiger charge is 2.10. The molecule has 0 saturated heterocycles. The Morgan fingerprint density at radius 1 is 1.14 bits per heavy atom. The number of hydrogen-bond donors (Lipinski definition) is 1. The summed E-state index contributed by atoms with van der Waals surface area (Å²) in [6.45, 7) is 3.89. The molecule has 0 bridgehead atoms. The van der Waals surface area contributed by atoms with Crippen LogP contribution in [-0.4, -0.2) is 25.8 Å². The second-order valence-electron chi connectivity index (χ2n) is 4.65. The topological polar surface area (TPSA) is 59.9 Å². The van der Waals surface area contributed by atoms with E-state index in [9.17, 15) is 4.79 Å². The summed E-state index contributed by atoms with van der Waals surface area (Å²) < 4.78 is 10.3. The predicted octanol–water partition coefficient (Wildman–Crippen LogP) is 3.23. The number of thiophene rings is 1. The lowest BCUT2D eigenvalue weighted by atomic mass is 10.2. The van der Waals surface area contributed by atoms with Gasteiger partial charge in [-0.15, -0.1) is 11.3 Å². The number of carbonyl (C=O) groups is 1. The Kier molecular flexibility index (Phi) is 5.16. The number of nitrogens with zero attached hydrogens (tertiary/aromatic N) is 1. The zero-order chi connectivity index (χ0) is 16.1. The number of nitrogens with one attached hydrogen (secondary N) is 1. The normalized spacial score (nSPS) is 11.2. The molecular weight excluding hydrogens is 300 g/mol. The van der Waals surface area contributed by atoms with E-state index in [2.05, 4.69) is 10.5 Å². The Morgan fingerprint density at radius 3 is 2.27 bits per heavy atom. The maximum Gasteiger partial charge on any atom is 0.271 e. The van der Waals surface area contributed by atoms with Gasteiger partial charge < -0.3 is 9.47 Å². The molecule has 0 unspecified atom stereocenters. The number of methoxy groups -OCH3 is 2. The van der Waals surface area contributed by atoms with Crippen LogP contribution in [0.2, 0.25) is 0 Å². The minimum absolute atomic E-state index is 0.315. The lowest BCUT2D eigenvalue weighted by Gasteiger charge is -2.07. The molecule has 0 fully saturated rings. The quantitative estimate of drug-likeness (QED) is 0.680. The molecule has 1 aromatic carbocycles. The van der Waals surface area contributed by atoms with E-state index < -0.39 is 0 Å². The first-order valence-electron chi connectivity index (χ1n) is 6.68. The minimum Gasteiger partial charge on any atom is -0.497 e. The molecule has 0 radical (unpaired) electrons. The monoisotopic (exact) mass is 318 g/mol. The molecule has 2 aromatic rings. The molecule has 5 nitrogen and oxygen atoms in total. The van der Waals surface area contributed by atoms with E-state index in [4.69, 9.17) is 9.47 Å². The van der Waals surface area contributed by atoms with Crippen LogP contribution in [0.1, 0.15) is 27.0 Å². The van der Waals surface area contributed by atoms with Crippen molar-refractivity contribution in [1.82, 2.24) is 5.43 Å². The minimum atomic E-state index is -0.315. The average Bonchev–Trinajstić information content (AvgIpc) is 2.98. The van der Waals surface area contributed by atoms with E-state index in [-0.39, 0.29) is 5.91 Å². The van der Waals surface area contributed by atoms with Crippen molar-refractivity contribution >= 4 is 23.0 Å². The SMILES string of the molecule is COc1cc(OC)cc(C(=O)N/N=C(/C)c2ccc(C)s2)c1. The molecule has 0 spiro atoms. The van der Waals surface area contributed by atoms with Crippen LogP contribution in [-0.2, 0) is 0 Å². The van der Waals surface area contributed by atoms with Gasteiger partial charge in [0.25, 0.3) is 5.91 Å². The van der Waals surface area contributed by atoms with Crippen molar-refractivity contribution in [2.24, 2.45) is 5.10 Å². The third kappa shape index (κ3) is 3.85. The Labute approximate surface area is 133 Å². The smallest absolute Gasteiger partial charge is 0.271 e. The Morgan fingerprint density at radius 2 is 1.77 bits per heavy atom. The molecule has 2 rings (SSSR count). The summed E-state index contributed by atoms with van der Waals surface area (Å²) in [4.78, 5) is 14.4. The van der Waals surface area contributed by atoms with Gasteiger partial charge in [-0.1, -0.05) is 0 Å². The molecule has 0 aliphatic heterocycles. The molecule has 0 aliphatic carbocycles. The van der Waals surface area contributed by atoms with Crippen molar-refractivity contribution in [2.75, 3.05) is 14.2 Å². The third-order valence-corrected chi connectivity index (χ3v) is 4.15. The highest BCUT2D eigenvalue weighted by atomic mass is 32.1. The highest BCUT2D eigenvalue weighted by Crippen LogP contribution is 2.22. The van der Waals surface area contributed by atoms with Gasteiger partial charge in [0.2, 0.25) is 0 Å². The van der Waals surface area contributed by atoms with Gasteiger partial charge in [0, 0.05) is 16.5 Å². The first kappa shape index (κ1) is 16.0. The number of ether oxygens (including phenoxy) is 2. The van der Waals surface area contributed by atoms with Crippen LogP contribution in [0.5, 0.6) is 11.5 Å². The lowest BCUT2D eigenvalue weighted by Crippen LogP contribution is -2.19. The number of carbonyl (C=O) groups excluding carboxylic acids is 1. The van der Waals surface area contributed by atoms with Gasteiger partial charge in [-0.05, 0) is 38.1 Å². The van der Waals surface area contributed by atoms with Crippen LogP contribution >= 0.6 is 11.3 Å². The van der Waals surface area contributed by atoms with E-state index in [1.54, 1.807) is 29.5 Å². The van der Waals surface area contributed by atoms with Crippen LogP contribution < -0.4 is 14.9 Å². The largest absolute Gasteiger partial charge is 0.497 e. The first-order chi connectivity index (χ1) is 10.5. The Hall–Kier alpha value is -2.34. The fourth-order valence-corrected chi connectivity index (χ4v) is 2.63. The van der Waals surface area contributed by atoms with Gasteiger partial charge >= 0.3 is 0 Å². The summed E-state index contributed by atoms with van der Waals surface area (Å²) in [6.07, 6.45) is 0. The van der Waals surface area contributed by atoms with Crippen molar-refractivity contribution in [2.45, 2.75) is 13.8 Å². The summed E-state index contributed by atoms with van der Waals surface area (Å²) >= 11 is 1.63. The second-order valence-corrected chi connectivity index (χ2v) is 5.94. The number of aryl methyl sites for hydroxylation is 1. The van der Waals surface area contributed by atoms with E-state index in [0.29, 0.717) is 17.1 Å². The van der Waals surface area contributed by atoms with Gasteiger partial charge in [0.05, 0.1) is 24.8 Å². The molecule has 22 heavy (non-hydrogen) atoms. The summed E-state index contributed by atoms with van der Waals surface area (Å²) in [5, 5.41) is 4.14. The molecule has 0 saturated carbocycles. The number of amides is 1. The molecule has 1 heterocycles. The summed E-state index contributed by atoms with van der Waals surface area (Å²) in [5.41, 5.74) is 3.74. The molecule has 1 aromatic heterocycles. The molecule has 1 N–H and O–H groups in total. The van der Waals surface area contributed by atoms with Gasteiger partial charge in [0.15, 0.2) is 0 Å². The molecular formula is C16H18N2O3S. The number of benzene rings is 1. The average molecular weight is 318 g/mol. The fraction of sp³-hybridized carbons (Fsp3) is 0.250. The van der Waals surface area contributed by atoms with Crippen LogP contribution in [0.4, 0.5) is 0 Å². The third-order valence-electron chi connectivity index (χ3n) is 3.04. The highest BCUT2D eigenvalue weighted by molar-refractivity contribution is 7.14. The van der Waals surface area contributed by atoms with E-state index in [1.807, 2.05) is 26.0 Å². The van der Waals surface area contributed by atoms with E-state index >= 15 is 0 Å². The standard InChI is InChI=1S/C16H18N2O3S/c1-10-5-6-15(22-10)11(2)17-18-16(19)12-7-13(20-3)9-14(8-12)21-4/h5-9H,1-4H3,(H,18,19)/b17-11-. The van der Waals surface area contributed by atoms with Crippen LogP contribution in [0.25, 0.3) is 0 Å². The fourth-order valence-electron chi connectivity index (χ4n) is 1.82. The zero-order valence-corrected chi connectivity index (χ0v) is 13.8. The van der Waals surface area contributed by atoms with Gasteiger partial charge in [-0.3, -0.25) is 4.79 Å². The molecule has 0 atom stereocenters. The van der Waals surface area contributed by atoms with Crippen molar-refractivity contribution in [3.63, 3.8) is 0 Å². The van der Waals surface area contributed by atoms with E-state index in [0.717, 1.165) is 10.6 Å². The van der Waals surface area contributed by atoms with Crippen molar-refractivity contribution < 1.29 is 14.3 Å². The molecule has 116 valence electrons. The molecule has 0 aliphatic rings. The maximum atomic E-state index is 12.2. The zero-order valence-electron chi connectivity index (χ0n) is 13.0. The number of hydrazone groups is 1. The summed E-state index contributed by atoms with van der Waals surface area (Å²) in [7, 11) is 3.08. The van der Waals surface area contributed by atoms with Crippen molar-refractivity contribution in [3.05, 3.63) is 45.6 Å². The maximum absolute atomic E-state index is 12.2. The number of hydrogen-bond acceptors (Lipinski definition) is 5. The van der Waals surface area contributed by atoms with Crippen molar-refractivity contribution in [1.29, 1.82) is 0 Å². The van der Waals surface area contributed by atoms with Crippen LogP contribution in [0, 0.1) is 6.92 Å². The predicted molar refractivity (Wildman–Crippen MR) is 88.3 cm³/mol. The summed E-state index contributed by atoms with van der Waals surface area (Å²) in [5.74, 6) is 0.794.